The number of rotatable bonds is 14. The topological polar surface area (TPSA) is 52.9 Å². The zero-order valence-electron chi connectivity index (χ0n) is 21.7. The second kappa shape index (κ2) is 24.5. The second-order valence-corrected chi connectivity index (χ2v) is 9.94. The molecule has 0 spiro atoms. The molecule has 0 radical (unpaired) electrons. The van der Waals surface area contributed by atoms with Crippen molar-refractivity contribution in [3.05, 3.63) is 10.6 Å². The third-order valence-corrected chi connectivity index (χ3v) is 7.24. The van der Waals surface area contributed by atoms with Gasteiger partial charge in [-0.1, -0.05) is 66.2 Å². The van der Waals surface area contributed by atoms with E-state index in [0.717, 1.165) is 39.0 Å². The molecule has 0 aliphatic rings. The fourth-order valence-corrected chi connectivity index (χ4v) is 3.27. The molecule has 0 atom stereocenters. The van der Waals surface area contributed by atoms with Crippen molar-refractivity contribution in [3.63, 3.8) is 0 Å². The minimum absolute atomic E-state index is 0.148. The van der Waals surface area contributed by atoms with Crippen LogP contribution >= 0.6 is 0 Å². The maximum absolute atomic E-state index is 4.67. The summed E-state index contributed by atoms with van der Waals surface area (Å²) in [6.45, 7) is 26.1. The molecule has 5 heteroatoms. The summed E-state index contributed by atoms with van der Waals surface area (Å²) in [5.41, 5.74) is 0.297. The van der Waals surface area contributed by atoms with E-state index in [0.29, 0.717) is 0 Å². The third-order valence-electron chi connectivity index (χ3n) is 4.41. The van der Waals surface area contributed by atoms with E-state index < -0.39 is 18.2 Å². The van der Waals surface area contributed by atoms with Crippen molar-refractivity contribution in [2.45, 2.75) is 132 Å². The summed E-state index contributed by atoms with van der Waals surface area (Å²) < 4.78 is 9.34. The van der Waals surface area contributed by atoms with Gasteiger partial charge in [-0.25, -0.2) is 0 Å². The van der Waals surface area contributed by atoms with Gasteiger partial charge in [0.2, 0.25) is 0 Å². The average Bonchev–Trinajstić information content (AvgIpc) is 2.69. The molecular formula is C24H54MoN4. The van der Waals surface area contributed by atoms with E-state index >= 15 is 0 Å². The van der Waals surface area contributed by atoms with Gasteiger partial charge in [0.15, 0.2) is 0 Å². The Morgan fingerprint density at radius 1 is 0.552 bits per heavy atom. The monoisotopic (exact) mass is 496 g/mol. The minimum Gasteiger partial charge on any atom is -0.662 e. The molecule has 0 fully saturated rings. The second-order valence-electron chi connectivity index (χ2n) is 8.64. The van der Waals surface area contributed by atoms with E-state index in [-0.39, 0.29) is 11.1 Å². The molecule has 0 heterocycles. The molecule has 0 N–H and O–H groups in total. The zero-order valence-corrected chi connectivity index (χ0v) is 23.7. The number of hydrogen-bond acceptors (Lipinski definition) is 2. The minimum atomic E-state index is -0.492. The van der Waals surface area contributed by atoms with Crippen molar-refractivity contribution >= 4 is 0 Å². The van der Waals surface area contributed by atoms with Crippen LogP contribution < -0.4 is 0 Å². The van der Waals surface area contributed by atoms with Gasteiger partial charge < -0.3 is 10.6 Å². The quantitative estimate of drug-likeness (QED) is 0.171. The fourth-order valence-electron chi connectivity index (χ4n) is 1.45. The normalized spacial score (nSPS) is 10.8. The predicted octanol–water partition coefficient (Wildman–Crippen LogP) is 8.95. The van der Waals surface area contributed by atoms with Crippen LogP contribution in [0.2, 0.25) is 0 Å². The van der Waals surface area contributed by atoms with Crippen LogP contribution in [-0.2, 0) is 18.2 Å². The molecule has 0 unspecified atom stereocenters. The summed E-state index contributed by atoms with van der Waals surface area (Å²) in [5, 5.41) is 8.56. The molecule has 0 aromatic rings. The van der Waals surface area contributed by atoms with Gasteiger partial charge in [-0.05, 0) is 0 Å². The summed E-state index contributed by atoms with van der Waals surface area (Å²) in [6.07, 6.45) is 9.69. The van der Waals surface area contributed by atoms with Crippen molar-refractivity contribution in [1.29, 1.82) is 0 Å². The molecule has 0 saturated heterocycles. The summed E-state index contributed by atoms with van der Waals surface area (Å²) in [6, 6.07) is 0. The largest absolute Gasteiger partial charge is 0.662 e. The van der Waals surface area contributed by atoms with E-state index in [1.165, 1.54) is 38.5 Å². The maximum Gasteiger partial charge on any atom is -0.0578 e. The van der Waals surface area contributed by atoms with Crippen LogP contribution in [0.25, 0.3) is 10.6 Å². The van der Waals surface area contributed by atoms with E-state index in [4.69, 9.17) is 0 Å². The van der Waals surface area contributed by atoms with Crippen LogP contribution in [-0.4, -0.2) is 37.3 Å². The summed E-state index contributed by atoms with van der Waals surface area (Å²) >= 11 is -0.492. The molecule has 0 rings (SSSR count). The van der Waals surface area contributed by atoms with Gasteiger partial charge in [0, 0.05) is 0 Å². The molecule has 176 valence electrons. The van der Waals surface area contributed by atoms with Crippen LogP contribution in [0.3, 0.4) is 0 Å². The first kappa shape index (κ1) is 33.8. The van der Waals surface area contributed by atoms with Gasteiger partial charge in [0.05, 0.1) is 0 Å². The Balaban J connectivity index is -0.000000368. The molecule has 0 saturated carbocycles. The van der Waals surface area contributed by atoms with Crippen LogP contribution in [0.4, 0.5) is 0 Å². The Kier molecular flexibility index (Phi) is 28.6. The summed E-state index contributed by atoms with van der Waals surface area (Å²) in [4.78, 5) is 0. The van der Waals surface area contributed by atoms with Crippen LogP contribution in [0, 0.1) is 0 Å². The van der Waals surface area contributed by atoms with Gasteiger partial charge >= 0.3 is 90.7 Å². The first-order valence-corrected chi connectivity index (χ1v) is 13.8. The van der Waals surface area contributed by atoms with Crippen LogP contribution in [0.15, 0.2) is 6.99 Å². The fraction of sp³-hybridized carbons (Fsp3) is 1.00. The number of hydrogen-bond donors (Lipinski definition) is 0. The first-order valence-electron chi connectivity index (χ1n) is 12.0. The smallest absolute Gasteiger partial charge is 0.0578 e. The van der Waals surface area contributed by atoms with E-state index in [1.807, 2.05) is 0 Å². The van der Waals surface area contributed by atoms with Crippen LogP contribution in [0.5, 0.6) is 0 Å². The molecule has 0 bridgehead atoms. The Morgan fingerprint density at radius 3 is 1.14 bits per heavy atom. The van der Waals surface area contributed by atoms with E-state index in [2.05, 4.69) is 86.9 Å². The Morgan fingerprint density at radius 2 is 0.897 bits per heavy atom. The van der Waals surface area contributed by atoms with Gasteiger partial charge in [-0.15, -0.1) is 26.2 Å². The molecule has 4 nitrogen and oxygen atoms in total. The van der Waals surface area contributed by atoms with Crippen molar-refractivity contribution in [2.75, 3.05) is 26.2 Å². The SMILES string of the molecule is CCC(C)(C)[N]=[Mo+2]=[N]C(C)(C)CC.CCCC[N-]CCC.CCCC[N-]CCC. The van der Waals surface area contributed by atoms with Gasteiger partial charge in [0.25, 0.3) is 0 Å². The van der Waals surface area contributed by atoms with Crippen molar-refractivity contribution < 1.29 is 18.2 Å². The molecule has 0 aromatic carbocycles. The van der Waals surface area contributed by atoms with Gasteiger partial charge in [0.1, 0.15) is 0 Å². The average molecular weight is 495 g/mol. The summed E-state index contributed by atoms with van der Waals surface area (Å²) in [7, 11) is 0. The molecule has 0 aliphatic carbocycles. The number of unbranched alkanes of at least 4 members (excludes halogenated alkanes) is 2. The predicted molar refractivity (Wildman–Crippen MR) is 130 cm³/mol. The standard InChI is InChI=1S/2C7H16N.2C5H11N.Mo/c2*1-3-5-7-8-6-4-2;2*1-4-5(2,3)6;/h2*3-7H2,1-2H3;2*4H2,1-3H3;/q2*-1;;;+2. The molecule has 0 amide bonds. The molecule has 0 aromatic heterocycles. The number of nitrogens with zero attached hydrogens (tertiary/aromatic N) is 4. The van der Waals surface area contributed by atoms with E-state index in [1.54, 1.807) is 0 Å². The Bertz CT molecular complexity index is 331. The van der Waals surface area contributed by atoms with Crippen LogP contribution in [0.1, 0.15) is 121 Å². The first-order chi connectivity index (χ1) is 13.7. The zero-order chi connectivity index (χ0) is 23.0. The molecular weight excluding hydrogens is 440 g/mol. The summed E-state index contributed by atoms with van der Waals surface area (Å²) in [5.74, 6) is 0. The maximum atomic E-state index is 4.67. The van der Waals surface area contributed by atoms with Crippen molar-refractivity contribution in [1.82, 2.24) is 0 Å². The molecule has 0 aliphatic heterocycles. The van der Waals surface area contributed by atoms with Crippen molar-refractivity contribution in [3.8, 4) is 0 Å². The van der Waals surface area contributed by atoms with E-state index in [9.17, 15) is 0 Å². The Labute approximate surface area is 193 Å². The molecule has 29 heavy (non-hydrogen) atoms. The Hall–Kier alpha value is 0.208. The van der Waals surface area contributed by atoms with Gasteiger partial charge in [-0.2, -0.15) is 0 Å². The van der Waals surface area contributed by atoms with Gasteiger partial charge in [-0.3, -0.25) is 0 Å². The van der Waals surface area contributed by atoms with Crippen molar-refractivity contribution in [2.24, 2.45) is 6.99 Å². The third kappa shape index (κ3) is 33.1.